The maximum absolute atomic E-state index is 11.9. The first-order valence-corrected chi connectivity index (χ1v) is 7.09. The van der Waals surface area contributed by atoms with Crippen molar-refractivity contribution in [2.75, 3.05) is 18.8 Å². The van der Waals surface area contributed by atoms with Crippen LogP contribution in [0.2, 0.25) is 0 Å². The number of hydrogen-bond donors (Lipinski definition) is 2. The number of primary amides is 1. The molecule has 3 N–H and O–H groups in total. The van der Waals surface area contributed by atoms with Crippen LogP contribution < -0.4 is 11.1 Å². The third-order valence-corrected chi connectivity index (χ3v) is 4.36. The molecule has 1 fully saturated rings. The van der Waals surface area contributed by atoms with Gasteiger partial charge < -0.3 is 11.1 Å². The molecule has 0 radical (unpaired) electrons. The Kier molecular flexibility index (Phi) is 3.91. The fourth-order valence-electron chi connectivity index (χ4n) is 1.85. The Balaban J connectivity index is 2.01. The van der Waals surface area contributed by atoms with Crippen LogP contribution in [0.15, 0.2) is 24.3 Å². The van der Waals surface area contributed by atoms with Crippen molar-refractivity contribution < 1.29 is 9.00 Å². The summed E-state index contributed by atoms with van der Waals surface area (Å²) in [4.78, 5) is 11.2. The van der Waals surface area contributed by atoms with E-state index >= 15 is 0 Å². The minimum atomic E-state index is -0.924. The van der Waals surface area contributed by atoms with E-state index in [1.807, 2.05) is 12.1 Å². The lowest BCUT2D eigenvalue weighted by atomic mass is 10.1. The standard InChI is InChI=1S/C12H16N2O2S/c13-12(15)11-4-2-1-3-10(11)8-17(16)7-9-5-14-6-9/h1-4,9,14H,5-8H2,(H2,13,15). The molecule has 1 aromatic rings. The van der Waals surface area contributed by atoms with Gasteiger partial charge in [-0.05, 0) is 17.5 Å². The van der Waals surface area contributed by atoms with Crippen LogP contribution in [0, 0.1) is 5.92 Å². The van der Waals surface area contributed by atoms with Crippen molar-refractivity contribution in [3.63, 3.8) is 0 Å². The highest BCUT2D eigenvalue weighted by molar-refractivity contribution is 7.84. The molecule has 4 nitrogen and oxygen atoms in total. The lowest BCUT2D eigenvalue weighted by Crippen LogP contribution is -2.44. The van der Waals surface area contributed by atoms with E-state index in [0.29, 0.717) is 23.0 Å². The number of amides is 1. The molecule has 1 saturated heterocycles. The second-order valence-corrected chi connectivity index (χ2v) is 5.80. The summed E-state index contributed by atoms with van der Waals surface area (Å²) in [5.41, 5.74) is 6.54. The normalized spacial score (nSPS) is 17.4. The molecular formula is C12H16N2O2S. The zero-order chi connectivity index (χ0) is 12.3. The number of benzene rings is 1. The first-order valence-electron chi connectivity index (χ1n) is 5.60. The molecule has 5 heteroatoms. The van der Waals surface area contributed by atoms with Crippen LogP contribution in [0.4, 0.5) is 0 Å². The molecule has 0 aromatic heterocycles. The highest BCUT2D eigenvalue weighted by atomic mass is 32.2. The first-order chi connectivity index (χ1) is 8.16. The van der Waals surface area contributed by atoms with Crippen LogP contribution in [-0.2, 0) is 16.6 Å². The van der Waals surface area contributed by atoms with Crippen molar-refractivity contribution in [2.24, 2.45) is 11.7 Å². The molecule has 1 unspecified atom stereocenters. The van der Waals surface area contributed by atoms with E-state index in [9.17, 15) is 9.00 Å². The Hall–Kier alpha value is -1.20. The summed E-state index contributed by atoms with van der Waals surface area (Å²) in [7, 11) is -0.924. The topological polar surface area (TPSA) is 72.2 Å². The van der Waals surface area contributed by atoms with E-state index in [4.69, 9.17) is 5.73 Å². The third-order valence-electron chi connectivity index (χ3n) is 2.89. The molecule has 1 amide bonds. The van der Waals surface area contributed by atoms with Gasteiger partial charge >= 0.3 is 0 Å². The molecule has 1 aromatic carbocycles. The minimum Gasteiger partial charge on any atom is -0.366 e. The maximum Gasteiger partial charge on any atom is 0.249 e. The van der Waals surface area contributed by atoms with Crippen LogP contribution in [0.1, 0.15) is 15.9 Å². The van der Waals surface area contributed by atoms with Gasteiger partial charge in [-0.3, -0.25) is 9.00 Å². The summed E-state index contributed by atoms with van der Waals surface area (Å²) < 4.78 is 11.9. The molecule has 2 rings (SSSR count). The van der Waals surface area contributed by atoms with E-state index in [1.165, 1.54) is 0 Å². The molecule has 1 aliphatic heterocycles. The van der Waals surface area contributed by atoms with Gasteiger partial charge in [-0.15, -0.1) is 0 Å². The van der Waals surface area contributed by atoms with Gasteiger partial charge in [-0.25, -0.2) is 0 Å². The Labute approximate surface area is 103 Å². The first kappa shape index (κ1) is 12.3. The summed E-state index contributed by atoms with van der Waals surface area (Å²) in [5.74, 6) is 1.16. The largest absolute Gasteiger partial charge is 0.366 e. The fraction of sp³-hybridized carbons (Fsp3) is 0.417. The van der Waals surface area contributed by atoms with Gasteiger partial charge in [0.15, 0.2) is 0 Å². The van der Waals surface area contributed by atoms with Crippen molar-refractivity contribution in [3.05, 3.63) is 35.4 Å². The number of carbonyl (C=O) groups is 1. The second kappa shape index (κ2) is 5.42. The van der Waals surface area contributed by atoms with Gasteiger partial charge in [-0.2, -0.15) is 0 Å². The average molecular weight is 252 g/mol. The van der Waals surface area contributed by atoms with E-state index in [0.717, 1.165) is 18.7 Å². The number of nitrogens with one attached hydrogen (secondary N) is 1. The predicted octanol–water partition coefficient (Wildman–Crippen LogP) is 0.254. The van der Waals surface area contributed by atoms with Crippen LogP contribution in [0.3, 0.4) is 0 Å². The van der Waals surface area contributed by atoms with Crippen LogP contribution in [-0.4, -0.2) is 29.0 Å². The minimum absolute atomic E-state index is 0.412. The van der Waals surface area contributed by atoms with Crippen molar-refractivity contribution in [1.29, 1.82) is 0 Å². The number of carbonyl (C=O) groups excluding carboxylic acids is 1. The smallest absolute Gasteiger partial charge is 0.249 e. The SMILES string of the molecule is NC(=O)c1ccccc1CS(=O)CC1CNC1. The zero-order valence-electron chi connectivity index (χ0n) is 9.52. The van der Waals surface area contributed by atoms with Gasteiger partial charge in [0.05, 0.1) is 0 Å². The molecule has 0 bridgehead atoms. The Morgan fingerprint density at radius 2 is 2.12 bits per heavy atom. The summed E-state index contributed by atoms with van der Waals surface area (Å²) in [5, 5.41) is 3.15. The molecular weight excluding hydrogens is 236 g/mol. The van der Waals surface area contributed by atoms with Crippen LogP contribution in [0.5, 0.6) is 0 Å². The second-order valence-electron chi connectivity index (χ2n) is 4.30. The lowest BCUT2D eigenvalue weighted by Gasteiger charge is -2.26. The lowest BCUT2D eigenvalue weighted by molar-refractivity contribution is 0.0999. The highest BCUT2D eigenvalue weighted by Gasteiger charge is 2.20. The molecule has 1 aliphatic rings. The maximum atomic E-state index is 11.9. The third kappa shape index (κ3) is 3.14. The number of rotatable bonds is 5. The van der Waals surface area contributed by atoms with E-state index < -0.39 is 16.7 Å². The summed E-state index contributed by atoms with van der Waals surface area (Å²) in [6, 6.07) is 7.10. The molecule has 0 saturated carbocycles. The van der Waals surface area contributed by atoms with Crippen molar-refractivity contribution in [3.8, 4) is 0 Å². The van der Waals surface area contributed by atoms with E-state index in [1.54, 1.807) is 12.1 Å². The van der Waals surface area contributed by atoms with Gasteiger partial charge in [0.2, 0.25) is 5.91 Å². The molecule has 1 atom stereocenters. The van der Waals surface area contributed by atoms with Crippen LogP contribution >= 0.6 is 0 Å². The van der Waals surface area contributed by atoms with Gasteiger partial charge in [0.1, 0.15) is 0 Å². The van der Waals surface area contributed by atoms with Crippen LogP contribution in [0.25, 0.3) is 0 Å². The molecule has 0 spiro atoms. The van der Waals surface area contributed by atoms with Crippen molar-refractivity contribution >= 4 is 16.7 Å². The van der Waals surface area contributed by atoms with E-state index in [-0.39, 0.29) is 0 Å². The van der Waals surface area contributed by atoms with Crippen molar-refractivity contribution in [2.45, 2.75) is 5.75 Å². The molecule has 0 aliphatic carbocycles. The Morgan fingerprint density at radius 1 is 1.41 bits per heavy atom. The quantitative estimate of drug-likeness (QED) is 0.789. The average Bonchev–Trinajstić information content (AvgIpc) is 2.24. The zero-order valence-corrected chi connectivity index (χ0v) is 10.3. The van der Waals surface area contributed by atoms with E-state index in [2.05, 4.69) is 5.32 Å². The van der Waals surface area contributed by atoms with Gasteiger partial charge in [0.25, 0.3) is 0 Å². The van der Waals surface area contributed by atoms with Crippen molar-refractivity contribution in [1.82, 2.24) is 5.32 Å². The summed E-state index contributed by atoms with van der Waals surface area (Å²) in [6.45, 7) is 1.90. The Morgan fingerprint density at radius 3 is 2.71 bits per heavy atom. The monoisotopic (exact) mass is 252 g/mol. The number of nitrogens with two attached hydrogens (primary N) is 1. The fourth-order valence-corrected chi connectivity index (χ4v) is 3.33. The highest BCUT2D eigenvalue weighted by Crippen LogP contribution is 2.13. The molecule has 17 heavy (non-hydrogen) atoms. The van der Waals surface area contributed by atoms with Gasteiger partial charge in [0, 0.05) is 41.0 Å². The Bertz CT molecular complexity index is 444. The molecule has 92 valence electrons. The van der Waals surface area contributed by atoms with Gasteiger partial charge in [-0.1, -0.05) is 18.2 Å². The predicted molar refractivity (Wildman–Crippen MR) is 68.0 cm³/mol. The molecule has 1 heterocycles. The summed E-state index contributed by atoms with van der Waals surface area (Å²) in [6.07, 6.45) is 0. The summed E-state index contributed by atoms with van der Waals surface area (Å²) >= 11 is 0. The number of hydrogen-bond acceptors (Lipinski definition) is 3.